The number of halogens is 1. The summed E-state index contributed by atoms with van der Waals surface area (Å²) in [5.74, 6) is -0.157. The number of nitrogens with zero attached hydrogens (tertiary/aromatic N) is 2. The van der Waals surface area contributed by atoms with E-state index in [4.69, 9.17) is 9.15 Å². The minimum atomic E-state index is -0.529. The number of hydrogen-bond donors (Lipinski definition) is 1. The predicted molar refractivity (Wildman–Crippen MR) is 107 cm³/mol. The second-order valence-electron chi connectivity index (χ2n) is 6.08. The van der Waals surface area contributed by atoms with Gasteiger partial charge in [-0.15, -0.1) is 0 Å². The molecule has 29 heavy (non-hydrogen) atoms. The van der Waals surface area contributed by atoms with E-state index in [0.717, 1.165) is 0 Å². The van der Waals surface area contributed by atoms with Gasteiger partial charge in [-0.1, -0.05) is 30.3 Å². The molecule has 4 rings (SSSR count). The number of rotatable bonds is 4. The van der Waals surface area contributed by atoms with Gasteiger partial charge in [0, 0.05) is 11.6 Å². The summed E-state index contributed by atoms with van der Waals surface area (Å²) in [6.45, 7) is 0. The number of anilines is 1. The standard InChI is InChI=1S/C22H16FN3O3/c1-28-18-10-6-7-14-13-15(21(27)26-19-11-4-5-12-24-19)22(29-20(14)18)25-17-9-3-2-8-16(17)23/h2-13H,1H3,(H,24,26,27). The van der Waals surface area contributed by atoms with E-state index in [2.05, 4.69) is 15.3 Å². The second kappa shape index (κ2) is 7.93. The lowest BCUT2D eigenvalue weighted by Gasteiger charge is -2.08. The van der Waals surface area contributed by atoms with Gasteiger partial charge in [-0.3, -0.25) is 4.79 Å². The van der Waals surface area contributed by atoms with Crippen molar-refractivity contribution in [2.24, 2.45) is 4.99 Å². The van der Waals surface area contributed by atoms with Crippen molar-refractivity contribution in [3.63, 3.8) is 0 Å². The molecule has 2 heterocycles. The fourth-order valence-electron chi connectivity index (χ4n) is 2.80. The number of pyridine rings is 1. The Morgan fingerprint density at radius 3 is 2.69 bits per heavy atom. The highest BCUT2D eigenvalue weighted by molar-refractivity contribution is 6.05. The van der Waals surface area contributed by atoms with Crippen LogP contribution in [0, 0.1) is 5.82 Å². The maximum Gasteiger partial charge on any atom is 0.262 e. The quantitative estimate of drug-likeness (QED) is 0.559. The molecule has 1 amide bonds. The maximum absolute atomic E-state index is 14.1. The van der Waals surface area contributed by atoms with Gasteiger partial charge in [0.15, 0.2) is 11.3 Å². The zero-order valence-electron chi connectivity index (χ0n) is 15.4. The Kier molecular flexibility index (Phi) is 5.03. The van der Waals surface area contributed by atoms with Crippen LogP contribution in [0.4, 0.5) is 15.9 Å². The largest absolute Gasteiger partial charge is 0.493 e. The van der Waals surface area contributed by atoms with Crippen molar-refractivity contribution in [3.8, 4) is 5.75 Å². The molecule has 0 unspecified atom stereocenters. The number of nitrogens with one attached hydrogen (secondary N) is 1. The Morgan fingerprint density at radius 2 is 1.93 bits per heavy atom. The lowest BCUT2D eigenvalue weighted by Crippen LogP contribution is -2.22. The molecule has 0 fully saturated rings. The van der Waals surface area contributed by atoms with Crippen LogP contribution < -0.4 is 15.6 Å². The molecular formula is C22H16FN3O3. The van der Waals surface area contributed by atoms with E-state index in [-0.39, 0.29) is 16.8 Å². The monoisotopic (exact) mass is 389 g/mol. The molecule has 2 aromatic carbocycles. The first-order valence-corrected chi connectivity index (χ1v) is 8.78. The van der Waals surface area contributed by atoms with Crippen LogP contribution in [-0.2, 0) is 0 Å². The third kappa shape index (κ3) is 3.84. The Balaban J connectivity index is 1.92. The van der Waals surface area contributed by atoms with Crippen LogP contribution in [0.2, 0.25) is 0 Å². The minimum absolute atomic E-state index is 0.0412. The number of para-hydroxylation sites is 2. The molecule has 7 heteroatoms. The average molecular weight is 389 g/mol. The Labute approximate surface area is 165 Å². The van der Waals surface area contributed by atoms with E-state index in [0.29, 0.717) is 22.5 Å². The van der Waals surface area contributed by atoms with Crippen LogP contribution in [0.5, 0.6) is 5.75 Å². The highest BCUT2D eigenvalue weighted by atomic mass is 19.1. The number of carbonyl (C=O) groups is 1. The van der Waals surface area contributed by atoms with E-state index in [1.165, 1.54) is 19.2 Å². The number of benzene rings is 2. The van der Waals surface area contributed by atoms with E-state index in [1.807, 2.05) is 0 Å². The summed E-state index contributed by atoms with van der Waals surface area (Å²) >= 11 is 0. The molecule has 0 saturated heterocycles. The molecule has 0 atom stereocenters. The van der Waals surface area contributed by atoms with Gasteiger partial charge in [0.1, 0.15) is 22.9 Å². The molecular weight excluding hydrogens is 373 g/mol. The zero-order chi connectivity index (χ0) is 20.2. The third-order valence-corrected chi connectivity index (χ3v) is 4.18. The molecule has 144 valence electrons. The summed E-state index contributed by atoms with van der Waals surface area (Å²) in [6, 6.07) is 18.1. The van der Waals surface area contributed by atoms with Gasteiger partial charge in [-0.05, 0) is 36.4 Å². The van der Waals surface area contributed by atoms with Crippen molar-refractivity contribution in [2.45, 2.75) is 0 Å². The minimum Gasteiger partial charge on any atom is -0.493 e. The summed E-state index contributed by atoms with van der Waals surface area (Å²) in [7, 11) is 1.51. The van der Waals surface area contributed by atoms with Gasteiger partial charge in [-0.25, -0.2) is 14.4 Å². The summed E-state index contributed by atoms with van der Waals surface area (Å²) in [5, 5.41) is 3.34. The zero-order valence-corrected chi connectivity index (χ0v) is 15.4. The van der Waals surface area contributed by atoms with E-state index < -0.39 is 11.7 Å². The van der Waals surface area contributed by atoms with Crippen molar-refractivity contribution >= 4 is 28.4 Å². The van der Waals surface area contributed by atoms with Gasteiger partial charge in [-0.2, -0.15) is 0 Å². The summed E-state index contributed by atoms with van der Waals surface area (Å²) in [6.07, 6.45) is 1.57. The van der Waals surface area contributed by atoms with Crippen LogP contribution in [0.25, 0.3) is 11.0 Å². The topological polar surface area (TPSA) is 76.7 Å². The van der Waals surface area contributed by atoms with Gasteiger partial charge in [0.25, 0.3) is 5.91 Å². The van der Waals surface area contributed by atoms with Gasteiger partial charge in [0.05, 0.1) is 7.11 Å². The number of ether oxygens (including phenoxy) is 1. The fraction of sp³-hybridized carbons (Fsp3) is 0.0455. The SMILES string of the molecule is COc1cccc2cc(C(=O)Nc3ccccn3)c(=Nc3ccccc3F)oc12. The number of amides is 1. The summed E-state index contributed by atoms with van der Waals surface area (Å²) in [4.78, 5) is 21.3. The maximum atomic E-state index is 14.1. The Morgan fingerprint density at radius 1 is 1.10 bits per heavy atom. The number of fused-ring (bicyclic) bond motifs is 1. The average Bonchev–Trinajstić information content (AvgIpc) is 2.75. The third-order valence-electron chi connectivity index (χ3n) is 4.18. The molecule has 0 saturated carbocycles. The van der Waals surface area contributed by atoms with Gasteiger partial charge >= 0.3 is 0 Å². The van der Waals surface area contributed by atoms with E-state index in [9.17, 15) is 9.18 Å². The van der Waals surface area contributed by atoms with Crippen molar-refractivity contribution in [1.82, 2.24) is 4.98 Å². The second-order valence-corrected chi connectivity index (χ2v) is 6.08. The fourth-order valence-corrected chi connectivity index (χ4v) is 2.80. The van der Waals surface area contributed by atoms with Gasteiger partial charge in [0.2, 0.25) is 5.55 Å². The molecule has 0 radical (unpaired) electrons. The van der Waals surface area contributed by atoms with Crippen molar-refractivity contribution in [1.29, 1.82) is 0 Å². The first-order valence-electron chi connectivity index (χ1n) is 8.78. The number of hydrogen-bond acceptors (Lipinski definition) is 5. The highest BCUT2D eigenvalue weighted by Crippen LogP contribution is 2.25. The highest BCUT2D eigenvalue weighted by Gasteiger charge is 2.16. The van der Waals surface area contributed by atoms with Crippen LogP contribution in [-0.4, -0.2) is 18.0 Å². The van der Waals surface area contributed by atoms with Crippen LogP contribution in [0.15, 0.2) is 82.3 Å². The van der Waals surface area contributed by atoms with Crippen LogP contribution in [0.1, 0.15) is 10.4 Å². The first kappa shape index (κ1) is 18.4. The molecule has 0 bridgehead atoms. The predicted octanol–water partition coefficient (Wildman–Crippen LogP) is 4.46. The van der Waals surface area contributed by atoms with Crippen molar-refractivity contribution in [2.75, 3.05) is 12.4 Å². The lowest BCUT2D eigenvalue weighted by atomic mass is 10.1. The van der Waals surface area contributed by atoms with E-state index in [1.54, 1.807) is 60.8 Å². The molecule has 0 aliphatic carbocycles. The van der Waals surface area contributed by atoms with E-state index >= 15 is 0 Å². The molecule has 2 aromatic heterocycles. The van der Waals surface area contributed by atoms with Gasteiger partial charge < -0.3 is 14.5 Å². The number of aromatic nitrogens is 1. The first-order chi connectivity index (χ1) is 14.2. The molecule has 0 aliphatic heterocycles. The van der Waals surface area contributed by atoms with Crippen molar-refractivity contribution in [3.05, 3.63) is 89.9 Å². The lowest BCUT2D eigenvalue weighted by molar-refractivity contribution is 0.102. The normalized spacial score (nSPS) is 11.4. The van der Waals surface area contributed by atoms with Crippen molar-refractivity contribution < 1.29 is 18.3 Å². The Hall–Kier alpha value is -4.00. The molecule has 0 spiro atoms. The summed E-state index contributed by atoms with van der Waals surface area (Å²) < 4.78 is 25.4. The molecule has 1 N–H and O–H groups in total. The number of carbonyl (C=O) groups excluding carboxylic acids is 1. The number of methoxy groups -OCH3 is 1. The molecule has 6 nitrogen and oxygen atoms in total. The summed E-state index contributed by atoms with van der Waals surface area (Å²) in [5.41, 5.74) is 0.553. The smallest absolute Gasteiger partial charge is 0.262 e. The van der Waals surface area contributed by atoms with Crippen LogP contribution in [0.3, 0.4) is 0 Å². The molecule has 4 aromatic rings. The van der Waals surface area contributed by atoms with Crippen LogP contribution >= 0.6 is 0 Å². The molecule has 0 aliphatic rings. The Bertz CT molecular complexity index is 1250.